The van der Waals surface area contributed by atoms with Crippen LogP contribution < -0.4 is 0 Å². The molecule has 34 heteroatoms. The van der Waals surface area contributed by atoms with Crippen LogP contribution in [0.2, 0.25) is 0 Å². The minimum Gasteiger partial charge on any atom is -0.463 e. The second kappa shape index (κ2) is 31.6. The number of hydrogen-bond donors (Lipinski definition) is 1. The number of carbonyl (C=O) groups is 13. The summed E-state index contributed by atoms with van der Waals surface area (Å²) in [5.74, 6) is -13.5. The van der Waals surface area contributed by atoms with E-state index in [1.807, 2.05) is 0 Å². The van der Waals surface area contributed by atoms with Crippen LogP contribution in [0.1, 0.15) is 90.0 Å². The van der Waals surface area contributed by atoms with Crippen molar-refractivity contribution in [2.45, 2.75) is 213 Å². The summed E-state index contributed by atoms with van der Waals surface area (Å²) in [4.78, 5) is 165. The fourth-order valence-electron chi connectivity index (χ4n) is 9.06. The van der Waals surface area contributed by atoms with Crippen LogP contribution in [0.15, 0.2) is 0 Å². The predicted molar refractivity (Wildman–Crippen MR) is 258 cm³/mol. The second-order valence-electron chi connectivity index (χ2n) is 18.9. The first-order valence-corrected chi connectivity index (χ1v) is 25.6. The molecule has 0 saturated carbocycles. The van der Waals surface area contributed by atoms with Gasteiger partial charge in [0.05, 0.1) is 0 Å². The van der Waals surface area contributed by atoms with Crippen LogP contribution in [-0.2, 0) is 157 Å². The maximum absolute atomic E-state index is 13.2. The van der Waals surface area contributed by atoms with Gasteiger partial charge < -0.3 is 99.8 Å². The van der Waals surface area contributed by atoms with Gasteiger partial charge in [-0.15, -0.1) is 0 Å². The van der Waals surface area contributed by atoms with Gasteiger partial charge in [-0.1, -0.05) is 0 Å². The number of ether oxygens (including phenoxy) is 20. The lowest BCUT2D eigenvalue weighted by Gasteiger charge is -2.51. The molecule has 0 aromatic rings. The van der Waals surface area contributed by atoms with Crippen molar-refractivity contribution in [3.63, 3.8) is 0 Å². The predicted octanol–water partition coefficient (Wildman–Crippen LogP) is -2.33. The standard InChI is InChI=1S/C50H68O34/c1-18(51)65-14-31-36(39(70-23(6)56)43(47(64)78-31)74-27(10)60)82-49-45(76-29(12)62)41(72-25(8)58)38(33(80-49)16-67-20(3)53)84-50-46(77-30(13)63)42(73-26(9)59)37(34(81-50)17-68-21(4)54)83-48-44(75-28(11)61)40(71-24(7)57)35(69-22(5)55)32(79-48)15-66-19(2)52/h31-50,64H,14-17H2,1-13H3. The van der Waals surface area contributed by atoms with Gasteiger partial charge in [-0.25, -0.2) is 0 Å². The molecule has 4 aliphatic rings. The van der Waals surface area contributed by atoms with Gasteiger partial charge >= 0.3 is 77.6 Å². The van der Waals surface area contributed by atoms with E-state index in [1.54, 1.807) is 0 Å². The number of carbonyl (C=O) groups excluding carboxylic acids is 13. The van der Waals surface area contributed by atoms with Crippen molar-refractivity contribution in [1.29, 1.82) is 0 Å². The lowest BCUT2D eigenvalue weighted by Crippen LogP contribution is -2.69. The Kier molecular flexibility index (Phi) is 26.1. The number of aliphatic hydroxyl groups excluding tert-OH is 1. The van der Waals surface area contributed by atoms with Gasteiger partial charge in [0, 0.05) is 90.0 Å². The van der Waals surface area contributed by atoms with Gasteiger partial charge in [0.2, 0.25) is 0 Å². The zero-order valence-electron chi connectivity index (χ0n) is 47.8. The maximum atomic E-state index is 13.2. The van der Waals surface area contributed by atoms with Crippen molar-refractivity contribution in [1.82, 2.24) is 0 Å². The fraction of sp³-hybridized carbons (Fsp3) is 0.740. The van der Waals surface area contributed by atoms with E-state index in [0.717, 1.165) is 90.0 Å². The van der Waals surface area contributed by atoms with Gasteiger partial charge in [0.25, 0.3) is 0 Å². The summed E-state index contributed by atoms with van der Waals surface area (Å²) < 4.78 is 115. The Labute approximate surface area is 478 Å². The molecule has 0 bridgehead atoms. The average molecular weight is 1210 g/mol. The molecule has 4 fully saturated rings. The van der Waals surface area contributed by atoms with E-state index in [1.165, 1.54) is 0 Å². The molecule has 0 spiro atoms. The monoisotopic (exact) mass is 1210 g/mol. The molecule has 0 amide bonds. The van der Waals surface area contributed by atoms with Crippen molar-refractivity contribution in [2.75, 3.05) is 26.4 Å². The number of hydrogen-bond acceptors (Lipinski definition) is 34. The molecular weight excluding hydrogens is 1140 g/mol. The Balaban J connectivity index is 1.97. The van der Waals surface area contributed by atoms with Crippen molar-refractivity contribution in [3.8, 4) is 0 Å². The van der Waals surface area contributed by atoms with Crippen LogP contribution in [0.5, 0.6) is 0 Å². The molecule has 4 heterocycles. The van der Waals surface area contributed by atoms with Gasteiger partial charge in [0.15, 0.2) is 80.1 Å². The molecule has 0 aromatic heterocycles. The van der Waals surface area contributed by atoms with E-state index in [9.17, 15) is 67.4 Å². The Morgan fingerprint density at radius 2 is 0.440 bits per heavy atom. The fourth-order valence-corrected chi connectivity index (χ4v) is 9.06. The lowest BCUT2D eigenvalue weighted by atomic mass is 9.94. The third-order valence-electron chi connectivity index (χ3n) is 11.8. The Bertz CT molecular complexity index is 2410. The topological polar surface area (TPSA) is 427 Å². The minimum atomic E-state index is -2.21. The first-order valence-electron chi connectivity index (χ1n) is 25.6. The molecule has 4 rings (SSSR count). The van der Waals surface area contributed by atoms with Gasteiger partial charge in [-0.2, -0.15) is 0 Å². The summed E-state index contributed by atoms with van der Waals surface area (Å²) >= 11 is 0. The minimum absolute atomic E-state index is 0.745. The number of esters is 13. The van der Waals surface area contributed by atoms with Crippen LogP contribution >= 0.6 is 0 Å². The maximum Gasteiger partial charge on any atom is 0.303 e. The van der Waals surface area contributed by atoms with E-state index in [0.29, 0.717) is 0 Å². The molecule has 472 valence electrons. The molecule has 0 aromatic carbocycles. The molecule has 20 atom stereocenters. The third-order valence-corrected chi connectivity index (χ3v) is 11.8. The highest BCUT2D eigenvalue weighted by atomic mass is 16.8. The van der Waals surface area contributed by atoms with Crippen molar-refractivity contribution in [3.05, 3.63) is 0 Å². The summed E-state index contributed by atoms with van der Waals surface area (Å²) in [7, 11) is 0. The molecule has 0 aliphatic carbocycles. The molecule has 4 saturated heterocycles. The molecule has 84 heavy (non-hydrogen) atoms. The SMILES string of the molecule is CC(=O)OCC1OC(O)C(OC(C)=O)C(OC(C)=O)C1OC1OC(COC(C)=O)C(OC2OC(COC(C)=O)C(OC3OC(COC(C)=O)C(OC(C)=O)C(OC(C)=O)C3OC(C)=O)C(OC(C)=O)C2OC(C)=O)C(OC(C)=O)C1OC(C)=O. The summed E-state index contributed by atoms with van der Waals surface area (Å²) in [6, 6.07) is 0. The summed E-state index contributed by atoms with van der Waals surface area (Å²) in [6.45, 7) is 8.90. The highest BCUT2D eigenvalue weighted by Gasteiger charge is 2.61. The Hall–Kier alpha value is -7.21. The van der Waals surface area contributed by atoms with Crippen LogP contribution in [0.25, 0.3) is 0 Å². The van der Waals surface area contributed by atoms with E-state index < -0.39 is 227 Å². The summed E-state index contributed by atoms with van der Waals surface area (Å²) in [5.41, 5.74) is 0. The summed E-state index contributed by atoms with van der Waals surface area (Å²) in [6.07, 6.45) is -39.0. The third kappa shape index (κ3) is 20.5. The van der Waals surface area contributed by atoms with Gasteiger partial charge in [0.1, 0.15) is 69.2 Å². The molecule has 20 unspecified atom stereocenters. The van der Waals surface area contributed by atoms with Crippen molar-refractivity contribution in [2.24, 2.45) is 0 Å². The number of rotatable bonds is 23. The largest absolute Gasteiger partial charge is 0.463 e. The number of aliphatic hydroxyl groups is 1. The smallest absolute Gasteiger partial charge is 0.303 e. The Morgan fingerprint density at radius 1 is 0.250 bits per heavy atom. The molecule has 0 radical (unpaired) electrons. The van der Waals surface area contributed by atoms with Crippen LogP contribution in [0, 0.1) is 0 Å². The van der Waals surface area contributed by atoms with Crippen LogP contribution in [-0.4, -0.2) is 232 Å². The van der Waals surface area contributed by atoms with Gasteiger partial charge in [-0.3, -0.25) is 62.3 Å². The molecule has 1 N–H and O–H groups in total. The summed E-state index contributed by atoms with van der Waals surface area (Å²) in [5, 5.41) is 11.0. The first kappa shape index (κ1) is 69.3. The van der Waals surface area contributed by atoms with Crippen LogP contribution in [0.4, 0.5) is 0 Å². The lowest BCUT2D eigenvalue weighted by molar-refractivity contribution is -0.388. The van der Waals surface area contributed by atoms with E-state index in [-0.39, 0.29) is 0 Å². The van der Waals surface area contributed by atoms with E-state index in [2.05, 4.69) is 0 Å². The zero-order chi connectivity index (χ0) is 63.0. The highest BCUT2D eigenvalue weighted by Crippen LogP contribution is 2.40. The van der Waals surface area contributed by atoms with Crippen molar-refractivity contribution < 1.29 is 162 Å². The Morgan fingerprint density at radius 3 is 0.690 bits per heavy atom. The van der Waals surface area contributed by atoms with E-state index in [4.69, 9.17) is 94.7 Å². The van der Waals surface area contributed by atoms with Gasteiger partial charge in [-0.05, 0) is 0 Å². The average Bonchev–Trinajstić information content (AvgIpc) is 3.03. The molecule has 34 nitrogen and oxygen atoms in total. The van der Waals surface area contributed by atoms with Crippen LogP contribution in [0.3, 0.4) is 0 Å². The quantitative estimate of drug-likeness (QED) is 0.0828. The normalized spacial score (nSPS) is 32.7. The zero-order valence-corrected chi connectivity index (χ0v) is 47.8. The van der Waals surface area contributed by atoms with Crippen molar-refractivity contribution >= 4 is 77.6 Å². The molecule has 4 aliphatic heterocycles. The van der Waals surface area contributed by atoms with E-state index >= 15 is 0 Å². The second-order valence-corrected chi connectivity index (χ2v) is 18.9. The first-order chi connectivity index (χ1) is 39.3. The highest BCUT2D eigenvalue weighted by molar-refractivity contribution is 5.71. The molecular formula is C50H68O34.